The third-order valence-electron chi connectivity index (χ3n) is 4.38. The van der Waals surface area contributed by atoms with Gasteiger partial charge in [0.1, 0.15) is 5.75 Å². The Morgan fingerprint density at radius 1 is 1.08 bits per heavy atom. The molecule has 0 aliphatic rings. The van der Waals surface area contributed by atoms with Gasteiger partial charge in [0.2, 0.25) is 5.75 Å². The van der Waals surface area contributed by atoms with Crippen LogP contribution in [0.4, 0.5) is 0 Å². The maximum absolute atomic E-state index is 12.7. The molecule has 0 unspecified atom stereocenters. The van der Waals surface area contributed by atoms with E-state index in [1.165, 1.54) is 7.11 Å². The number of pyridine rings is 1. The van der Waals surface area contributed by atoms with E-state index < -0.39 is 0 Å². The molecule has 25 heavy (non-hydrogen) atoms. The average molecular weight is 347 g/mol. The smallest absolute Gasteiger partial charge is 0.297 e. The lowest BCUT2D eigenvalue weighted by Crippen LogP contribution is -2.22. The summed E-state index contributed by atoms with van der Waals surface area (Å²) in [5, 5.41) is 11.0. The van der Waals surface area contributed by atoms with Gasteiger partial charge in [-0.25, -0.2) is 0 Å². The molecule has 0 saturated heterocycles. The van der Waals surface area contributed by atoms with Crippen molar-refractivity contribution in [2.24, 2.45) is 0 Å². The topological polar surface area (TPSA) is 60.7 Å². The number of aromatic hydroxyl groups is 1. The van der Waals surface area contributed by atoms with Gasteiger partial charge in [0, 0.05) is 18.0 Å². The number of hydrogen-bond acceptors (Lipinski definition) is 4. The highest BCUT2D eigenvalue weighted by Crippen LogP contribution is 2.33. The summed E-state index contributed by atoms with van der Waals surface area (Å²) in [5.74, 6) is 0.613. The van der Waals surface area contributed by atoms with Gasteiger partial charge >= 0.3 is 0 Å². The number of ether oxygens (including phenoxy) is 2. The molecular weight excluding hydrogens is 318 g/mol. The summed E-state index contributed by atoms with van der Waals surface area (Å²) in [4.78, 5) is 12.7. The van der Waals surface area contributed by atoms with Crippen LogP contribution in [-0.2, 0) is 6.54 Å². The van der Waals surface area contributed by atoms with Gasteiger partial charge in [-0.3, -0.25) is 4.79 Å². The zero-order chi connectivity index (χ0) is 18.2. The lowest BCUT2D eigenvalue weighted by molar-refractivity contribution is 0.309. The van der Waals surface area contributed by atoms with Gasteiger partial charge in [0.25, 0.3) is 5.56 Å². The van der Waals surface area contributed by atoms with Crippen molar-refractivity contribution in [3.8, 4) is 17.2 Å². The van der Waals surface area contributed by atoms with Crippen molar-refractivity contribution in [1.29, 1.82) is 0 Å². The summed E-state index contributed by atoms with van der Waals surface area (Å²) in [5.41, 5.74) is 0.392. The largest absolute Gasteiger partial charge is 0.504 e. The summed E-state index contributed by atoms with van der Waals surface area (Å²) < 4.78 is 12.6. The molecule has 0 radical (unpaired) electrons. The zero-order valence-electron chi connectivity index (χ0n) is 15.5. The molecule has 0 aliphatic heterocycles. The Bertz CT molecular complexity index is 751. The van der Waals surface area contributed by atoms with Crippen LogP contribution in [-0.4, -0.2) is 23.4 Å². The fourth-order valence-corrected chi connectivity index (χ4v) is 2.92. The van der Waals surface area contributed by atoms with Crippen molar-refractivity contribution in [3.63, 3.8) is 0 Å². The Hall–Kier alpha value is -2.17. The van der Waals surface area contributed by atoms with E-state index in [1.807, 2.05) is 12.1 Å². The number of nitrogens with zero attached hydrogens (tertiary/aromatic N) is 1. The third kappa shape index (κ3) is 4.47. The number of unbranched alkanes of at least 4 members (excludes halogenated alkanes) is 4. The highest BCUT2D eigenvalue weighted by Gasteiger charge is 2.17. The molecule has 0 atom stereocenters. The van der Waals surface area contributed by atoms with Crippen LogP contribution in [0.1, 0.15) is 52.4 Å². The van der Waals surface area contributed by atoms with Gasteiger partial charge in [-0.15, -0.1) is 0 Å². The minimum absolute atomic E-state index is 0.00245. The van der Waals surface area contributed by atoms with Crippen LogP contribution in [0.25, 0.3) is 10.9 Å². The van der Waals surface area contributed by atoms with Crippen molar-refractivity contribution < 1.29 is 14.6 Å². The highest BCUT2D eigenvalue weighted by molar-refractivity contribution is 5.88. The maximum Gasteiger partial charge on any atom is 0.297 e. The molecule has 0 fully saturated rings. The first-order chi connectivity index (χ1) is 12.1. The van der Waals surface area contributed by atoms with Crippen LogP contribution in [0.15, 0.2) is 23.0 Å². The lowest BCUT2D eigenvalue weighted by atomic mass is 10.1. The van der Waals surface area contributed by atoms with Crippen molar-refractivity contribution in [3.05, 3.63) is 28.6 Å². The Morgan fingerprint density at radius 2 is 1.84 bits per heavy atom. The maximum atomic E-state index is 12.7. The van der Waals surface area contributed by atoms with Gasteiger partial charge in [-0.05, 0) is 25.0 Å². The molecule has 1 N–H and O–H groups in total. The van der Waals surface area contributed by atoms with Crippen LogP contribution in [0, 0.1) is 0 Å². The first-order valence-electron chi connectivity index (χ1n) is 9.20. The van der Waals surface area contributed by atoms with Crippen molar-refractivity contribution >= 4 is 10.9 Å². The number of methoxy groups -OCH3 is 1. The number of aromatic nitrogens is 1. The van der Waals surface area contributed by atoms with E-state index >= 15 is 0 Å². The number of rotatable bonds is 10. The standard InChI is InChI=1S/C20H29NO4/c1-4-6-8-9-12-21-17-14-15(25-13-7-5-2)10-11-16(17)18(22)19(24-3)20(21)23/h10-11,14,22H,4-9,12-13H2,1-3H3. The van der Waals surface area contributed by atoms with Crippen LogP contribution < -0.4 is 15.0 Å². The number of aryl methyl sites for hydroxylation is 1. The Labute approximate surface area is 149 Å². The van der Waals surface area contributed by atoms with Crippen LogP contribution in [0.5, 0.6) is 17.2 Å². The Balaban J connectivity index is 2.44. The van der Waals surface area contributed by atoms with E-state index in [9.17, 15) is 9.90 Å². The predicted octanol–water partition coefficient (Wildman–Crippen LogP) is 4.47. The monoisotopic (exact) mass is 347 g/mol. The van der Waals surface area contributed by atoms with Crippen LogP contribution in [0.3, 0.4) is 0 Å². The molecule has 0 amide bonds. The quantitative estimate of drug-likeness (QED) is 0.644. The van der Waals surface area contributed by atoms with Crippen LogP contribution >= 0.6 is 0 Å². The SMILES string of the molecule is CCCCCCn1c(=O)c(OC)c(O)c2ccc(OCCCC)cc21. The van der Waals surface area contributed by atoms with Crippen molar-refractivity contribution in [1.82, 2.24) is 4.57 Å². The van der Waals surface area contributed by atoms with Gasteiger partial charge in [-0.1, -0.05) is 39.5 Å². The number of fused-ring (bicyclic) bond motifs is 1. The second-order valence-corrected chi connectivity index (χ2v) is 6.28. The fraction of sp³-hybridized carbons (Fsp3) is 0.550. The van der Waals surface area contributed by atoms with E-state index in [1.54, 1.807) is 10.6 Å². The summed E-state index contributed by atoms with van der Waals surface area (Å²) in [6, 6.07) is 5.45. The summed E-state index contributed by atoms with van der Waals surface area (Å²) >= 11 is 0. The lowest BCUT2D eigenvalue weighted by Gasteiger charge is -2.15. The molecule has 5 heteroatoms. The first kappa shape index (κ1) is 19.2. The molecule has 0 aliphatic carbocycles. The fourth-order valence-electron chi connectivity index (χ4n) is 2.92. The van der Waals surface area contributed by atoms with E-state index in [-0.39, 0.29) is 17.1 Å². The minimum Gasteiger partial charge on any atom is -0.504 e. The van der Waals surface area contributed by atoms with E-state index in [2.05, 4.69) is 13.8 Å². The van der Waals surface area contributed by atoms with E-state index in [0.717, 1.165) is 38.5 Å². The molecule has 0 spiro atoms. The molecule has 0 bridgehead atoms. The summed E-state index contributed by atoms with van der Waals surface area (Å²) in [6.07, 6.45) is 6.32. The predicted molar refractivity (Wildman–Crippen MR) is 101 cm³/mol. The molecule has 138 valence electrons. The highest BCUT2D eigenvalue weighted by atomic mass is 16.5. The van der Waals surface area contributed by atoms with Gasteiger partial charge in [-0.2, -0.15) is 0 Å². The second kappa shape index (κ2) is 9.35. The average Bonchev–Trinajstić information content (AvgIpc) is 2.61. The van der Waals surface area contributed by atoms with Crippen molar-refractivity contribution in [2.45, 2.75) is 58.9 Å². The van der Waals surface area contributed by atoms with Crippen molar-refractivity contribution in [2.75, 3.05) is 13.7 Å². The third-order valence-corrected chi connectivity index (χ3v) is 4.38. The molecule has 1 heterocycles. The first-order valence-corrected chi connectivity index (χ1v) is 9.20. The van der Waals surface area contributed by atoms with Gasteiger partial charge in [0.05, 0.1) is 19.2 Å². The number of benzene rings is 1. The molecule has 2 aromatic rings. The molecule has 1 aromatic heterocycles. The Morgan fingerprint density at radius 3 is 2.52 bits per heavy atom. The molecule has 2 rings (SSSR count). The van der Waals surface area contributed by atoms with E-state index in [4.69, 9.17) is 9.47 Å². The zero-order valence-corrected chi connectivity index (χ0v) is 15.5. The second-order valence-electron chi connectivity index (χ2n) is 6.28. The molecule has 1 aromatic carbocycles. The normalized spacial score (nSPS) is 11.0. The van der Waals surface area contributed by atoms with Gasteiger partial charge < -0.3 is 19.1 Å². The molecule has 5 nitrogen and oxygen atoms in total. The molecule has 0 saturated carbocycles. The van der Waals surface area contributed by atoms with Gasteiger partial charge in [0.15, 0.2) is 5.75 Å². The molecular formula is C20H29NO4. The minimum atomic E-state index is -0.297. The van der Waals surface area contributed by atoms with Crippen LogP contribution in [0.2, 0.25) is 0 Å². The van der Waals surface area contributed by atoms with E-state index in [0.29, 0.717) is 29.8 Å². The summed E-state index contributed by atoms with van der Waals surface area (Å²) in [6.45, 7) is 5.52. The number of hydrogen-bond donors (Lipinski definition) is 1. The Kier molecular flexibility index (Phi) is 7.16. The summed E-state index contributed by atoms with van der Waals surface area (Å²) in [7, 11) is 1.41.